The molecule has 0 saturated carbocycles. The van der Waals surface area contributed by atoms with Crippen LogP contribution >= 0.6 is 0 Å². The fourth-order valence-electron chi connectivity index (χ4n) is 4.67. The average Bonchev–Trinajstić information content (AvgIpc) is 2.96. The molecule has 266 valence electrons. The number of alkyl halides is 2. The second kappa shape index (κ2) is 20.7. The van der Waals surface area contributed by atoms with Crippen molar-refractivity contribution in [3.63, 3.8) is 0 Å². The molecular formula is C31H55F2N5O8. The predicted octanol–water partition coefficient (Wildman–Crippen LogP) is 1.86. The molecule has 0 spiro atoms. The topological polar surface area (TPSA) is 203 Å². The Balaban J connectivity index is 5.97. The maximum absolute atomic E-state index is 15.4. The van der Waals surface area contributed by atoms with Crippen LogP contribution in [-0.4, -0.2) is 88.5 Å². The Labute approximate surface area is 270 Å². The molecule has 0 heterocycles. The van der Waals surface area contributed by atoms with Crippen LogP contribution in [0.3, 0.4) is 0 Å². The number of carbonyl (C=O) groups excluding carboxylic acids is 5. The maximum atomic E-state index is 15.4. The second-order valence-electron chi connectivity index (χ2n) is 12.4. The summed E-state index contributed by atoms with van der Waals surface area (Å²) in [5, 5.41) is 31.7. The van der Waals surface area contributed by atoms with Gasteiger partial charge in [-0.2, -0.15) is 8.78 Å². The van der Waals surface area contributed by atoms with E-state index in [1.807, 2.05) is 5.32 Å². The van der Waals surface area contributed by atoms with Crippen LogP contribution in [0.25, 0.3) is 0 Å². The van der Waals surface area contributed by atoms with Gasteiger partial charge in [0.15, 0.2) is 0 Å². The summed E-state index contributed by atoms with van der Waals surface area (Å²) in [7, 11) is 0. The second-order valence-corrected chi connectivity index (χ2v) is 12.4. The van der Waals surface area contributed by atoms with Crippen molar-refractivity contribution < 1.29 is 47.8 Å². The Kier molecular flexibility index (Phi) is 19.2. The fourth-order valence-corrected chi connectivity index (χ4v) is 4.67. The van der Waals surface area contributed by atoms with E-state index < -0.39 is 77.6 Å². The fraction of sp³-hybridized carbons (Fsp3) is 0.806. The molecule has 0 aromatic rings. The van der Waals surface area contributed by atoms with Crippen molar-refractivity contribution >= 4 is 35.5 Å². The lowest BCUT2D eigenvalue weighted by molar-refractivity contribution is -0.170. The number of carbonyl (C=O) groups is 6. The first-order valence-electron chi connectivity index (χ1n) is 16.1. The highest BCUT2D eigenvalue weighted by atomic mass is 19.3. The van der Waals surface area contributed by atoms with Gasteiger partial charge in [0.05, 0.1) is 6.04 Å². The third-order valence-electron chi connectivity index (χ3n) is 7.51. The van der Waals surface area contributed by atoms with Crippen LogP contribution in [0.15, 0.2) is 0 Å². The van der Waals surface area contributed by atoms with Crippen molar-refractivity contribution in [2.24, 2.45) is 17.8 Å². The van der Waals surface area contributed by atoms with Crippen LogP contribution < -0.4 is 26.6 Å². The van der Waals surface area contributed by atoms with Crippen molar-refractivity contribution in [2.45, 2.75) is 137 Å². The summed E-state index contributed by atoms with van der Waals surface area (Å²) in [5.41, 5.74) is 0. The van der Waals surface area contributed by atoms with Gasteiger partial charge in [-0.25, -0.2) is 0 Å². The molecule has 5 amide bonds. The number of aliphatic hydroxyl groups excluding tert-OH is 1. The molecule has 0 aliphatic heterocycles. The molecule has 15 heteroatoms. The van der Waals surface area contributed by atoms with Gasteiger partial charge in [0.25, 0.3) is 5.91 Å². The van der Waals surface area contributed by atoms with Crippen molar-refractivity contribution in [1.82, 2.24) is 26.6 Å². The average molecular weight is 664 g/mol. The Bertz CT molecular complexity index is 1030. The molecule has 0 bridgehead atoms. The van der Waals surface area contributed by atoms with E-state index in [-0.39, 0.29) is 50.5 Å². The number of carboxylic acid groups (broad SMARTS) is 1. The zero-order chi connectivity index (χ0) is 35.8. The van der Waals surface area contributed by atoms with Crippen molar-refractivity contribution in [1.29, 1.82) is 0 Å². The Morgan fingerprint density at radius 2 is 1.39 bits per heavy atom. The first kappa shape index (κ1) is 42.6. The third-order valence-corrected chi connectivity index (χ3v) is 7.51. The minimum absolute atomic E-state index is 0.0726. The highest BCUT2D eigenvalue weighted by Crippen LogP contribution is 2.26. The van der Waals surface area contributed by atoms with Crippen LogP contribution in [-0.2, 0) is 28.8 Å². The zero-order valence-corrected chi connectivity index (χ0v) is 28.4. The number of aliphatic carboxylic acids is 1. The number of nitrogens with one attached hydrogen (secondary N) is 5. The number of rotatable bonds is 22. The Hall–Kier alpha value is -3.36. The van der Waals surface area contributed by atoms with Gasteiger partial charge in [0, 0.05) is 19.4 Å². The van der Waals surface area contributed by atoms with Crippen LogP contribution in [0.2, 0.25) is 0 Å². The number of hydrogen-bond acceptors (Lipinski definition) is 7. The molecule has 0 aromatic carbocycles. The molecule has 0 aromatic heterocycles. The van der Waals surface area contributed by atoms with E-state index in [4.69, 9.17) is 5.11 Å². The Morgan fingerprint density at radius 1 is 0.783 bits per heavy atom. The zero-order valence-electron chi connectivity index (χ0n) is 28.4. The molecule has 0 aliphatic carbocycles. The molecule has 13 nitrogen and oxygen atoms in total. The van der Waals surface area contributed by atoms with Crippen LogP contribution in [0, 0.1) is 17.8 Å². The third kappa shape index (κ3) is 14.4. The quantitative estimate of drug-likeness (QED) is 0.0909. The lowest BCUT2D eigenvalue weighted by Crippen LogP contribution is -2.62. The van der Waals surface area contributed by atoms with E-state index in [0.717, 1.165) is 0 Å². The molecule has 0 rings (SSSR count). The van der Waals surface area contributed by atoms with E-state index in [9.17, 15) is 33.9 Å². The van der Waals surface area contributed by atoms with Crippen molar-refractivity contribution in [3.8, 4) is 0 Å². The smallest absolute Gasteiger partial charge is 0.351 e. The maximum Gasteiger partial charge on any atom is 0.351 e. The van der Waals surface area contributed by atoms with Crippen LogP contribution in [0.1, 0.15) is 100 Å². The molecule has 6 atom stereocenters. The van der Waals surface area contributed by atoms with Gasteiger partial charge in [0.1, 0.15) is 24.2 Å². The normalized spacial score (nSPS) is 15.6. The SMILES string of the molecule is CCC[C@H](NC(=O)C(NC(=O)CCCC(=O)O)C(C)CC)C(=O)N[C@@H](CC(C)C)[C@@H](O)C(F)(F)C(=O)NC(C(=O)NCC)C(C)C. The standard InChI is InChI=1S/C31H55F2N5O8/c1-9-13-20(35-29(45)25(19(8)10-2)37-22(39)14-12-15-23(40)41)27(43)36-21(16-17(4)5)26(42)31(32,33)30(46)38-24(18(6)7)28(44)34-11-3/h17-21,24-26,42H,9-16H2,1-8H3,(H,34,44)(H,35,45)(H,36,43)(H,37,39)(H,38,46)(H,40,41)/t19?,20-,21-,24?,25?,26+/m0/s1. The van der Waals surface area contributed by atoms with Gasteiger partial charge in [-0.05, 0) is 43.9 Å². The summed E-state index contributed by atoms with van der Waals surface area (Å²) in [6.07, 6.45) is -2.10. The number of likely N-dealkylation sites (N-methyl/N-ethyl adjacent to an activating group) is 1. The monoisotopic (exact) mass is 663 g/mol. The predicted molar refractivity (Wildman–Crippen MR) is 168 cm³/mol. The summed E-state index contributed by atoms with van der Waals surface area (Å²) in [5.74, 6) is -11.3. The van der Waals surface area contributed by atoms with Crippen molar-refractivity contribution in [3.05, 3.63) is 0 Å². The molecule has 3 unspecified atom stereocenters. The molecule has 0 aliphatic rings. The largest absolute Gasteiger partial charge is 0.481 e. The number of halogens is 2. The molecule has 7 N–H and O–H groups in total. The van der Waals surface area contributed by atoms with Gasteiger partial charge in [-0.1, -0.05) is 61.3 Å². The highest BCUT2D eigenvalue weighted by Gasteiger charge is 2.51. The summed E-state index contributed by atoms with van der Waals surface area (Å²) in [6.45, 7) is 13.6. The number of hydrogen-bond donors (Lipinski definition) is 7. The lowest BCUT2D eigenvalue weighted by Gasteiger charge is -2.33. The van der Waals surface area contributed by atoms with Gasteiger partial charge in [-0.15, -0.1) is 0 Å². The van der Waals surface area contributed by atoms with E-state index in [1.165, 1.54) is 0 Å². The molecular weight excluding hydrogens is 608 g/mol. The summed E-state index contributed by atoms with van der Waals surface area (Å²) in [4.78, 5) is 74.9. The van der Waals surface area contributed by atoms with Gasteiger partial charge >= 0.3 is 11.9 Å². The summed E-state index contributed by atoms with van der Waals surface area (Å²) in [6, 6.07) is -5.17. The number of aliphatic hydroxyl groups is 1. The molecule has 0 radical (unpaired) electrons. The van der Waals surface area contributed by atoms with Gasteiger partial charge < -0.3 is 36.8 Å². The summed E-state index contributed by atoms with van der Waals surface area (Å²) < 4.78 is 30.8. The number of carboxylic acids is 1. The highest BCUT2D eigenvalue weighted by molar-refractivity contribution is 5.93. The first-order valence-corrected chi connectivity index (χ1v) is 16.1. The molecule has 0 saturated heterocycles. The lowest BCUT2D eigenvalue weighted by atomic mass is 9.93. The van der Waals surface area contributed by atoms with Crippen molar-refractivity contribution in [2.75, 3.05) is 6.54 Å². The molecule has 0 fully saturated rings. The molecule has 46 heavy (non-hydrogen) atoms. The van der Waals surface area contributed by atoms with E-state index in [1.54, 1.807) is 55.4 Å². The first-order chi connectivity index (χ1) is 21.3. The Morgan fingerprint density at radius 3 is 1.87 bits per heavy atom. The van der Waals surface area contributed by atoms with Crippen LogP contribution in [0.4, 0.5) is 8.78 Å². The van der Waals surface area contributed by atoms with Gasteiger partial charge in [0.2, 0.25) is 23.6 Å². The summed E-state index contributed by atoms with van der Waals surface area (Å²) >= 11 is 0. The van der Waals surface area contributed by atoms with E-state index in [2.05, 4.69) is 21.3 Å². The minimum Gasteiger partial charge on any atom is -0.481 e. The van der Waals surface area contributed by atoms with E-state index in [0.29, 0.717) is 12.8 Å². The van der Waals surface area contributed by atoms with Gasteiger partial charge in [-0.3, -0.25) is 28.8 Å². The minimum atomic E-state index is -4.40. The van der Waals surface area contributed by atoms with Crippen LogP contribution in [0.5, 0.6) is 0 Å². The number of amides is 5. The van der Waals surface area contributed by atoms with E-state index >= 15 is 8.78 Å².